The van der Waals surface area contributed by atoms with Crippen LogP contribution in [0.25, 0.3) is 0 Å². The van der Waals surface area contributed by atoms with Crippen LogP contribution in [-0.4, -0.2) is 17.7 Å². The van der Waals surface area contributed by atoms with Crippen molar-refractivity contribution in [3.05, 3.63) is 28.8 Å². The van der Waals surface area contributed by atoms with E-state index in [2.05, 4.69) is 0 Å². The summed E-state index contributed by atoms with van der Waals surface area (Å²) in [6.45, 7) is 0. The average molecular weight is 247 g/mol. The number of nitrogens with one attached hydrogen (secondary N) is 1. The van der Waals surface area contributed by atoms with Gasteiger partial charge in [0.05, 0.1) is 5.56 Å². The van der Waals surface area contributed by atoms with Gasteiger partial charge in [0.2, 0.25) is 0 Å². The van der Waals surface area contributed by atoms with Gasteiger partial charge in [0.15, 0.2) is 0 Å². The number of esters is 1. The van der Waals surface area contributed by atoms with Crippen LogP contribution in [0.3, 0.4) is 0 Å². The third-order valence-electron chi connectivity index (χ3n) is 1.57. The Balaban J connectivity index is 3.07. The third kappa shape index (κ3) is 3.11. The maximum absolute atomic E-state index is 11.0. The van der Waals surface area contributed by atoms with E-state index < -0.39 is 5.97 Å². The lowest BCUT2D eigenvalue weighted by atomic mass is 10.2. The number of nitrogens with two attached hydrogens (primary N) is 1. The van der Waals surface area contributed by atoms with Crippen molar-refractivity contribution in [2.45, 2.75) is 0 Å². The quantitative estimate of drug-likeness (QED) is 0.281. The van der Waals surface area contributed by atoms with Gasteiger partial charge in [-0.1, -0.05) is 11.6 Å². The molecule has 0 unspecified atom stereocenters. The molecular weight excluding hydrogens is 239 g/mol. The van der Waals surface area contributed by atoms with E-state index in [1.807, 2.05) is 0 Å². The van der Waals surface area contributed by atoms with E-state index in [0.29, 0.717) is 10.6 Å². The van der Waals surface area contributed by atoms with Gasteiger partial charge >= 0.3 is 5.97 Å². The Morgan fingerprint density at radius 3 is 2.73 bits per heavy atom. The molecule has 0 amide bonds. The molecule has 6 heteroatoms. The Labute approximate surface area is 96.4 Å². The molecule has 1 rings (SSSR count). The van der Waals surface area contributed by atoms with Crippen molar-refractivity contribution >= 4 is 35.0 Å². The number of alkyl halides is 1. The van der Waals surface area contributed by atoms with Gasteiger partial charge in [0.25, 0.3) is 0 Å². The standard InChI is InChI=1S/C9H8Cl2N2O2/c10-4-8(14)15-7-3-5(11)1-2-6(7)9(12)13/h1-3H,4H2,(H3,12,13). The minimum atomic E-state index is -0.624. The lowest BCUT2D eigenvalue weighted by Crippen LogP contribution is -2.16. The molecule has 0 heterocycles. The summed E-state index contributed by atoms with van der Waals surface area (Å²) in [6, 6.07) is 4.46. The molecular formula is C9H8Cl2N2O2. The zero-order valence-electron chi connectivity index (χ0n) is 7.59. The Bertz CT molecular complexity index is 407. The highest BCUT2D eigenvalue weighted by atomic mass is 35.5. The van der Waals surface area contributed by atoms with Gasteiger partial charge < -0.3 is 10.5 Å². The van der Waals surface area contributed by atoms with Crippen molar-refractivity contribution in [1.29, 1.82) is 5.41 Å². The molecule has 15 heavy (non-hydrogen) atoms. The Morgan fingerprint density at radius 2 is 2.20 bits per heavy atom. The predicted octanol–water partition coefficient (Wildman–Crippen LogP) is 1.77. The molecule has 0 aromatic heterocycles. The van der Waals surface area contributed by atoms with E-state index in [1.165, 1.54) is 12.1 Å². The molecule has 0 saturated carbocycles. The topological polar surface area (TPSA) is 76.2 Å². The molecule has 0 radical (unpaired) electrons. The maximum atomic E-state index is 11.0. The second-order valence-corrected chi connectivity index (χ2v) is 3.37. The number of rotatable bonds is 3. The number of benzene rings is 1. The summed E-state index contributed by atoms with van der Waals surface area (Å²) in [7, 11) is 0. The normalized spacial score (nSPS) is 9.73. The fraction of sp³-hybridized carbons (Fsp3) is 0.111. The molecule has 1 aromatic carbocycles. The SMILES string of the molecule is N=C(N)c1ccc(Cl)cc1OC(=O)CCl. The van der Waals surface area contributed by atoms with Crippen LogP contribution in [0.2, 0.25) is 5.02 Å². The van der Waals surface area contributed by atoms with Gasteiger partial charge in [-0.2, -0.15) is 0 Å². The van der Waals surface area contributed by atoms with E-state index in [4.69, 9.17) is 39.1 Å². The maximum Gasteiger partial charge on any atom is 0.326 e. The average Bonchev–Trinajstić information content (AvgIpc) is 2.17. The highest BCUT2D eigenvalue weighted by molar-refractivity contribution is 6.31. The molecule has 0 spiro atoms. The van der Waals surface area contributed by atoms with Crippen LogP contribution in [0.4, 0.5) is 0 Å². The number of hydrogen-bond acceptors (Lipinski definition) is 3. The van der Waals surface area contributed by atoms with Crippen LogP contribution in [0.5, 0.6) is 5.75 Å². The molecule has 1 aromatic rings. The van der Waals surface area contributed by atoms with E-state index in [0.717, 1.165) is 0 Å². The van der Waals surface area contributed by atoms with E-state index in [1.54, 1.807) is 6.07 Å². The zero-order chi connectivity index (χ0) is 11.4. The first kappa shape index (κ1) is 11.8. The first-order valence-corrected chi connectivity index (χ1v) is 4.86. The van der Waals surface area contributed by atoms with Crippen LogP contribution in [0.1, 0.15) is 5.56 Å². The van der Waals surface area contributed by atoms with Crippen LogP contribution in [0.15, 0.2) is 18.2 Å². The molecule has 0 aliphatic rings. The fourth-order valence-electron chi connectivity index (χ4n) is 0.953. The van der Waals surface area contributed by atoms with Crippen LogP contribution >= 0.6 is 23.2 Å². The molecule has 0 aliphatic heterocycles. The number of amidine groups is 1. The lowest BCUT2D eigenvalue weighted by Gasteiger charge is -2.08. The Hall–Kier alpha value is -1.26. The van der Waals surface area contributed by atoms with Crippen molar-refractivity contribution in [1.82, 2.24) is 0 Å². The van der Waals surface area contributed by atoms with E-state index in [9.17, 15) is 4.79 Å². The van der Waals surface area contributed by atoms with Gasteiger partial charge in [-0.25, -0.2) is 0 Å². The molecule has 0 fully saturated rings. The van der Waals surface area contributed by atoms with Gasteiger partial charge in [0, 0.05) is 11.1 Å². The molecule has 80 valence electrons. The number of ether oxygens (including phenoxy) is 1. The summed E-state index contributed by atoms with van der Waals surface area (Å²) < 4.78 is 4.86. The number of halogens is 2. The summed E-state index contributed by atoms with van der Waals surface area (Å²) in [6.07, 6.45) is 0. The summed E-state index contributed by atoms with van der Waals surface area (Å²) in [5.41, 5.74) is 5.60. The second-order valence-electron chi connectivity index (χ2n) is 2.66. The first-order valence-electron chi connectivity index (χ1n) is 3.95. The highest BCUT2D eigenvalue weighted by Gasteiger charge is 2.11. The van der Waals surface area contributed by atoms with Crippen LogP contribution in [0, 0.1) is 5.41 Å². The van der Waals surface area contributed by atoms with E-state index >= 15 is 0 Å². The monoisotopic (exact) mass is 246 g/mol. The molecule has 0 aliphatic carbocycles. The minimum Gasteiger partial charge on any atom is -0.425 e. The summed E-state index contributed by atoms with van der Waals surface area (Å²) in [5, 5.41) is 7.64. The molecule has 4 nitrogen and oxygen atoms in total. The second kappa shape index (κ2) is 5.00. The van der Waals surface area contributed by atoms with Crippen LogP contribution < -0.4 is 10.5 Å². The largest absolute Gasteiger partial charge is 0.425 e. The minimum absolute atomic E-state index is 0.139. The highest BCUT2D eigenvalue weighted by Crippen LogP contribution is 2.23. The third-order valence-corrected chi connectivity index (χ3v) is 2.02. The van der Waals surface area contributed by atoms with Gasteiger partial charge in [-0.3, -0.25) is 10.2 Å². The first-order chi connectivity index (χ1) is 7.04. The lowest BCUT2D eigenvalue weighted by molar-refractivity contribution is -0.131. The van der Waals surface area contributed by atoms with Crippen molar-refractivity contribution in [3.63, 3.8) is 0 Å². The van der Waals surface area contributed by atoms with Gasteiger partial charge in [-0.15, -0.1) is 11.6 Å². The van der Waals surface area contributed by atoms with Crippen molar-refractivity contribution in [3.8, 4) is 5.75 Å². The number of carbonyl (C=O) groups excluding carboxylic acids is 1. The van der Waals surface area contributed by atoms with Gasteiger partial charge in [-0.05, 0) is 12.1 Å². The molecule has 0 atom stereocenters. The summed E-state index contributed by atoms with van der Waals surface area (Å²) in [4.78, 5) is 11.0. The smallest absolute Gasteiger partial charge is 0.326 e. The van der Waals surface area contributed by atoms with Crippen molar-refractivity contribution in [2.24, 2.45) is 5.73 Å². The van der Waals surface area contributed by atoms with Crippen molar-refractivity contribution in [2.75, 3.05) is 5.88 Å². The number of nitrogen functional groups attached to an aromatic ring is 1. The Morgan fingerprint density at radius 1 is 1.53 bits per heavy atom. The van der Waals surface area contributed by atoms with E-state index in [-0.39, 0.29) is 17.5 Å². The van der Waals surface area contributed by atoms with Crippen molar-refractivity contribution < 1.29 is 9.53 Å². The zero-order valence-corrected chi connectivity index (χ0v) is 9.10. The summed E-state index contributed by atoms with van der Waals surface area (Å²) >= 11 is 11.0. The van der Waals surface area contributed by atoms with Gasteiger partial charge in [0.1, 0.15) is 17.5 Å². The summed E-state index contributed by atoms with van der Waals surface area (Å²) in [5.74, 6) is -0.963. The molecule has 0 bridgehead atoms. The predicted molar refractivity (Wildman–Crippen MR) is 58.8 cm³/mol. The molecule has 0 saturated heterocycles. The number of hydrogen-bond donors (Lipinski definition) is 2. The Kier molecular flexibility index (Phi) is 3.94. The molecule has 3 N–H and O–H groups in total. The number of carbonyl (C=O) groups is 1. The van der Waals surface area contributed by atoms with Crippen LogP contribution in [-0.2, 0) is 4.79 Å². The fourth-order valence-corrected chi connectivity index (χ4v) is 1.17.